The predicted octanol–water partition coefficient (Wildman–Crippen LogP) is 0.289. The highest BCUT2D eigenvalue weighted by Crippen LogP contribution is 1.95. The number of methoxy groups -OCH3 is 2. The number of aryl methyl sites for hydroxylation is 1. The fourth-order valence-corrected chi connectivity index (χ4v) is 1.24. The molecule has 0 aliphatic carbocycles. The van der Waals surface area contributed by atoms with Crippen molar-refractivity contribution >= 4 is 0 Å². The second-order valence-corrected chi connectivity index (χ2v) is 2.92. The Morgan fingerprint density at radius 1 is 1.29 bits per heavy atom. The summed E-state index contributed by atoms with van der Waals surface area (Å²) in [5.74, 6) is 0. The Balaban J connectivity index is 2.76. The van der Waals surface area contributed by atoms with Gasteiger partial charge in [0.2, 0.25) is 0 Å². The van der Waals surface area contributed by atoms with Crippen LogP contribution in [0.3, 0.4) is 0 Å². The van der Waals surface area contributed by atoms with Gasteiger partial charge in [-0.25, -0.2) is 4.79 Å². The van der Waals surface area contributed by atoms with Crippen molar-refractivity contribution < 1.29 is 9.47 Å². The fourth-order valence-electron chi connectivity index (χ4n) is 1.24. The summed E-state index contributed by atoms with van der Waals surface area (Å²) in [6.07, 6.45) is 3.11. The lowest BCUT2D eigenvalue weighted by atomic mass is 10.6. The fraction of sp³-hybridized carbons (Fsp3) is 0.667. The van der Waals surface area contributed by atoms with E-state index in [-0.39, 0.29) is 12.0 Å². The molecular weight excluding hydrogens is 184 g/mol. The van der Waals surface area contributed by atoms with Crippen LogP contribution >= 0.6 is 0 Å². The van der Waals surface area contributed by atoms with Gasteiger partial charge < -0.3 is 9.47 Å². The third kappa shape index (κ3) is 2.24. The minimum Gasteiger partial charge on any atom is -0.354 e. The Labute approximate surface area is 82.9 Å². The maximum absolute atomic E-state index is 11.6. The van der Waals surface area contributed by atoms with Gasteiger partial charge in [0, 0.05) is 33.2 Å². The van der Waals surface area contributed by atoms with E-state index in [9.17, 15) is 4.79 Å². The van der Waals surface area contributed by atoms with E-state index in [1.807, 2.05) is 6.92 Å². The monoisotopic (exact) mass is 200 g/mol. The van der Waals surface area contributed by atoms with Crippen molar-refractivity contribution in [2.45, 2.75) is 26.3 Å². The van der Waals surface area contributed by atoms with Crippen LogP contribution in [0.1, 0.15) is 6.92 Å². The average Bonchev–Trinajstić information content (AvgIpc) is 2.56. The molecule has 0 radical (unpaired) electrons. The largest absolute Gasteiger partial charge is 0.354 e. The van der Waals surface area contributed by atoms with Crippen molar-refractivity contribution in [2.75, 3.05) is 14.2 Å². The van der Waals surface area contributed by atoms with Gasteiger partial charge in [-0.1, -0.05) is 0 Å². The second kappa shape index (κ2) is 4.97. The SMILES string of the molecule is CCn1ccn(CC(OC)OC)c1=O. The molecule has 0 aliphatic heterocycles. The lowest BCUT2D eigenvalue weighted by molar-refractivity contribution is -0.111. The van der Waals surface area contributed by atoms with Gasteiger partial charge in [0.15, 0.2) is 6.29 Å². The summed E-state index contributed by atoms with van der Waals surface area (Å²) >= 11 is 0. The number of ether oxygens (including phenoxy) is 2. The van der Waals surface area contributed by atoms with E-state index in [1.54, 1.807) is 35.7 Å². The first-order valence-corrected chi connectivity index (χ1v) is 4.54. The third-order valence-corrected chi connectivity index (χ3v) is 2.13. The van der Waals surface area contributed by atoms with Crippen LogP contribution in [0, 0.1) is 0 Å². The van der Waals surface area contributed by atoms with Gasteiger partial charge >= 0.3 is 5.69 Å². The summed E-state index contributed by atoms with van der Waals surface area (Å²) in [5.41, 5.74) is -0.0356. The minimum absolute atomic E-state index is 0.0356. The van der Waals surface area contributed by atoms with Crippen LogP contribution in [-0.4, -0.2) is 29.6 Å². The zero-order valence-electron chi connectivity index (χ0n) is 8.77. The average molecular weight is 200 g/mol. The molecule has 0 fully saturated rings. The van der Waals surface area contributed by atoms with E-state index in [0.29, 0.717) is 13.1 Å². The van der Waals surface area contributed by atoms with Crippen LogP contribution in [0.4, 0.5) is 0 Å². The lowest BCUT2D eigenvalue weighted by Crippen LogP contribution is -2.29. The molecule has 0 saturated heterocycles. The highest BCUT2D eigenvalue weighted by Gasteiger charge is 2.08. The molecule has 0 aromatic carbocycles. The maximum Gasteiger partial charge on any atom is 0.328 e. The van der Waals surface area contributed by atoms with Gasteiger partial charge in [0.05, 0.1) is 6.54 Å². The smallest absolute Gasteiger partial charge is 0.328 e. The molecule has 1 heterocycles. The molecule has 80 valence electrons. The maximum atomic E-state index is 11.6. The van der Waals surface area contributed by atoms with Crippen LogP contribution in [-0.2, 0) is 22.6 Å². The first kappa shape index (κ1) is 11.0. The number of nitrogens with zero attached hydrogens (tertiary/aromatic N) is 2. The molecule has 14 heavy (non-hydrogen) atoms. The summed E-state index contributed by atoms with van der Waals surface area (Å²) in [7, 11) is 3.10. The van der Waals surface area contributed by atoms with Crippen molar-refractivity contribution in [3.63, 3.8) is 0 Å². The Kier molecular flexibility index (Phi) is 3.91. The van der Waals surface area contributed by atoms with Gasteiger partial charge in [0.25, 0.3) is 0 Å². The van der Waals surface area contributed by atoms with E-state index in [2.05, 4.69) is 0 Å². The predicted molar refractivity (Wildman–Crippen MR) is 52.2 cm³/mol. The molecule has 1 rings (SSSR count). The summed E-state index contributed by atoms with van der Waals surface area (Å²) in [5, 5.41) is 0. The van der Waals surface area contributed by atoms with Gasteiger partial charge in [0.1, 0.15) is 0 Å². The summed E-state index contributed by atoms with van der Waals surface area (Å²) in [6, 6.07) is 0. The summed E-state index contributed by atoms with van der Waals surface area (Å²) < 4.78 is 13.2. The van der Waals surface area contributed by atoms with Crippen LogP contribution < -0.4 is 5.69 Å². The molecule has 1 aromatic rings. The van der Waals surface area contributed by atoms with Gasteiger partial charge in [-0.3, -0.25) is 9.13 Å². The van der Waals surface area contributed by atoms with Crippen molar-refractivity contribution in [2.24, 2.45) is 0 Å². The second-order valence-electron chi connectivity index (χ2n) is 2.92. The highest BCUT2D eigenvalue weighted by atomic mass is 16.7. The molecule has 0 atom stereocenters. The van der Waals surface area contributed by atoms with Crippen LogP contribution in [0.15, 0.2) is 17.2 Å². The van der Waals surface area contributed by atoms with E-state index in [1.165, 1.54) is 0 Å². The Bertz CT molecular complexity index is 325. The Morgan fingerprint density at radius 2 is 1.86 bits per heavy atom. The lowest BCUT2D eigenvalue weighted by Gasteiger charge is -2.12. The number of aromatic nitrogens is 2. The molecular formula is C9H16N2O3. The van der Waals surface area contributed by atoms with Crippen LogP contribution in [0.5, 0.6) is 0 Å². The van der Waals surface area contributed by atoms with E-state index < -0.39 is 0 Å². The van der Waals surface area contributed by atoms with Gasteiger partial charge in [-0.2, -0.15) is 0 Å². The number of hydrogen-bond acceptors (Lipinski definition) is 3. The van der Waals surface area contributed by atoms with Crippen LogP contribution in [0.25, 0.3) is 0 Å². The molecule has 0 bridgehead atoms. The standard InChI is InChI=1S/C9H16N2O3/c1-4-10-5-6-11(9(10)12)7-8(13-2)14-3/h5-6,8H,4,7H2,1-3H3. The molecule has 0 N–H and O–H groups in total. The number of rotatable bonds is 5. The van der Waals surface area contributed by atoms with Crippen LogP contribution in [0.2, 0.25) is 0 Å². The number of imidazole rings is 1. The van der Waals surface area contributed by atoms with Crippen molar-refractivity contribution in [3.8, 4) is 0 Å². The molecule has 0 saturated carbocycles. The van der Waals surface area contributed by atoms with Gasteiger partial charge in [-0.15, -0.1) is 0 Å². The summed E-state index contributed by atoms with van der Waals surface area (Å²) in [4.78, 5) is 11.6. The minimum atomic E-state index is -0.375. The molecule has 0 unspecified atom stereocenters. The first-order valence-electron chi connectivity index (χ1n) is 4.54. The van der Waals surface area contributed by atoms with E-state index in [4.69, 9.17) is 9.47 Å². The van der Waals surface area contributed by atoms with E-state index >= 15 is 0 Å². The number of hydrogen-bond donors (Lipinski definition) is 0. The molecule has 0 amide bonds. The quantitative estimate of drug-likeness (QED) is 0.642. The molecule has 0 aliphatic rings. The normalized spacial score (nSPS) is 11.1. The Hall–Kier alpha value is -1.07. The van der Waals surface area contributed by atoms with Crippen molar-refractivity contribution in [1.82, 2.24) is 9.13 Å². The van der Waals surface area contributed by atoms with Gasteiger partial charge in [-0.05, 0) is 6.92 Å². The zero-order valence-corrected chi connectivity index (χ0v) is 8.77. The zero-order chi connectivity index (χ0) is 10.6. The van der Waals surface area contributed by atoms with E-state index in [0.717, 1.165) is 0 Å². The molecule has 1 aromatic heterocycles. The van der Waals surface area contributed by atoms with Crippen molar-refractivity contribution in [3.05, 3.63) is 22.9 Å². The highest BCUT2D eigenvalue weighted by molar-refractivity contribution is 4.81. The summed E-state index contributed by atoms with van der Waals surface area (Å²) in [6.45, 7) is 3.02. The topological polar surface area (TPSA) is 45.4 Å². The molecule has 5 nitrogen and oxygen atoms in total. The van der Waals surface area contributed by atoms with Crippen molar-refractivity contribution in [1.29, 1.82) is 0 Å². The first-order chi connectivity index (χ1) is 6.72. The third-order valence-electron chi connectivity index (χ3n) is 2.13. The molecule has 5 heteroatoms. The Morgan fingerprint density at radius 3 is 2.29 bits per heavy atom. The molecule has 0 spiro atoms.